The number of hydrogen-bond acceptors (Lipinski definition) is 4. The second-order valence-electron chi connectivity index (χ2n) is 10.3. The zero-order valence-corrected chi connectivity index (χ0v) is 24.0. The van der Waals surface area contributed by atoms with Crippen molar-refractivity contribution >= 4 is 21.8 Å². The molecule has 0 saturated carbocycles. The van der Waals surface area contributed by atoms with Crippen LogP contribution in [-0.4, -0.2) is 66.6 Å². The van der Waals surface area contributed by atoms with Crippen LogP contribution < -0.4 is 0 Å². The van der Waals surface area contributed by atoms with E-state index in [2.05, 4.69) is 0 Å². The normalized spacial score (nSPS) is 14.3. The van der Waals surface area contributed by atoms with Gasteiger partial charge in [0, 0.05) is 38.6 Å². The van der Waals surface area contributed by atoms with Gasteiger partial charge in [-0.15, -0.1) is 0 Å². The molecule has 0 unspecified atom stereocenters. The zero-order chi connectivity index (χ0) is 28.4. The van der Waals surface area contributed by atoms with Gasteiger partial charge >= 0.3 is 0 Å². The highest BCUT2D eigenvalue weighted by Gasteiger charge is 2.33. The van der Waals surface area contributed by atoms with Crippen molar-refractivity contribution in [3.8, 4) is 0 Å². The summed E-state index contributed by atoms with van der Waals surface area (Å²) in [7, 11) is -3.81. The molecule has 4 rings (SSSR count). The highest BCUT2D eigenvalue weighted by Crippen LogP contribution is 2.22. The van der Waals surface area contributed by atoms with E-state index in [1.54, 1.807) is 30.3 Å². The first-order valence-corrected chi connectivity index (χ1v) is 15.5. The molecule has 3 aromatic carbocycles. The number of piperidine rings is 1. The van der Waals surface area contributed by atoms with Crippen molar-refractivity contribution in [2.75, 3.05) is 26.2 Å². The summed E-state index contributed by atoms with van der Waals surface area (Å²) in [4.78, 5) is 30.6. The highest BCUT2D eigenvalue weighted by atomic mass is 32.2. The number of aryl methyl sites for hydroxylation is 1. The van der Waals surface area contributed by atoms with Gasteiger partial charge in [-0.25, -0.2) is 8.42 Å². The van der Waals surface area contributed by atoms with Gasteiger partial charge in [0.25, 0.3) is 0 Å². The van der Waals surface area contributed by atoms with Crippen LogP contribution in [0.2, 0.25) is 0 Å². The molecule has 0 N–H and O–H groups in total. The number of nitrogens with zero attached hydrogens (tertiary/aromatic N) is 3. The molecule has 0 radical (unpaired) electrons. The topological polar surface area (TPSA) is 78.0 Å². The summed E-state index contributed by atoms with van der Waals surface area (Å²) in [6, 6.07) is 28.0. The van der Waals surface area contributed by atoms with Crippen LogP contribution in [0.25, 0.3) is 0 Å². The fourth-order valence-corrected chi connectivity index (χ4v) is 6.70. The van der Waals surface area contributed by atoms with Gasteiger partial charge in [-0.3, -0.25) is 9.59 Å². The van der Waals surface area contributed by atoms with Crippen LogP contribution in [0.3, 0.4) is 0 Å². The lowest BCUT2D eigenvalue weighted by Crippen LogP contribution is -2.51. The third kappa shape index (κ3) is 7.79. The largest absolute Gasteiger partial charge is 0.343 e. The Morgan fingerprint density at radius 2 is 1.38 bits per heavy atom. The predicted octanol–water partition coefficient (Wildman–Crippen LogP) is 4.74. The van der Waals surface area contributed by atoms with E-state index in [4.69, 9.17) is 0 Å². The van der Waals surface area contributed by atoms with Crippen molar-refractivity contribution in [2.24, 2.45) is 0 Å². The Labute approximate surface area is 238 Å². The Kier molecular flexibility index (Phi) is 10.5. The average Bonchev–Trinajstić information content (AvgIpc) is 3.00. The molecule has 0 bridgehead atoms. The van der Waals surface area contributed by atoms with Crippen LogP contribution in [0.15, 0.2) is 95.9 Å². The first kappa shape index (κ1) is 29.5. The van der Waals surface area contributed by atoms with Crippen molar-refractivity contribution in [1.29, 1.82) is 0 Å². The Hall–Kier alpha value is -3.49. The molecular formula is C32H39N3O4S. The SMILES string of the molecule is CCCN(CC(=O)N(Cc1ccccc1)C1CCN(C(=O)CCc2ccccc2)CC1)S(=O)(=O)c1ccccc1. The third-order valence-electron chi connectivity index (χ3n) is 7.41. The zero-order valence-electron chi connectivity index (χ0n) is 23.2. The molecule has 3 aromatic rings. The fraction of sp³-hybridized carbons (Fsp3) is 0.375. The van der Waals surface area contributed by atoms with Crippen LogP contribution in [-0.2, 0) is 32.6 Å². The lowest BCUT2D eigenvalue weighted by Gasteiger charge is -2.39. The number of carbonyl (C=O) groups is 2. The number of hydrogen-bond donors (Lipinski definition) is 0. The van der Waals surface area contributed by atoms with Crippen molar-refractivity contribution in [3.63, 3.8) is 0 Å². The molecule has 0 atom stereocenters. The molecule has 40 heavy (non-hydrogen) atoms. The summed E-state index contributed by atoms with van der Waals surface area (Å²) in [5.41, 5.74) is 2.14. The third-order valence-corrected chi connectivity index (χ3v) is 9.27. The number of amides is 2. The van der Waals surface area contributed by atoms with Crippen LogP contribution in [0.5, 0.6) is 0 Å². The Morgan fingerprint density at radius 1 is 0.825 bits per heavy atom. The van der Waals surface area contributed by atoms with E-state index in [0.717, 1.165) is 11.1 Å². The Morgan fingerprint density at radius 3 is 1.95 bits per heavy atom. The van der Waals surface area contributed by atoms with Gasteiger partial charge in [0.1, 0.15) is 0 Å². The Balaban J connectivity index is 1.45. The molecule has 0 spiro atoms. The van der Waals surface area contributed by atoms with Crippen LogP contribution in [0.1, 0.15) is 43.7 Å². The van der Waals surface area contributed by atoms with E-state index < -0.39 is 10.0 Å². The highest BCUT2D eigenvalue weighted by molar-refractivity contribution is 7.89. The minimum atomic E-state index is -3.81. The molecule has 1 aliphatic heterocycles. The lowest BCUT2D eigenvalue weighted by molar-refractivity contribution is -0.137. The van der Waals surface area contributed by atoms with Gasteiger partial charge < -0.3 is 9.80 Å². The second kappa shape index (κ2) is 14.2. The van der Waals surface area contributed by atoms with Gasteiger partial charge in [0.2, 0.25) is 21.8 Å². The van der Waals surface area contributed by atoms with Crippen LogP contribution in [0, 0.1) is 0 Å². The van der Waals surface area contributed by atoms with E-state index in [0.29, 0.717) is 51.7 Å². The van der Waals surface area contributed by atoms with Crippen molar-refractivity contribution in [2.45, 2.75) is 56.5 Å². The van der Waals surface area contributed by atoms with E-state index in [-0.39, 0.29) is 35.8 Å². The summed E-state index contributed by atoms with van der Waals surface area (Å²) in [6.07, 6.45) is 3.09. The molecule has 212 valence electrons. The molecule has 7 nitrogen and oxygen atoms in total. The molecular weight excluding hydrogens is 522 g/mol. The molecule has 0 aromatic heterocycles. The van der Waals surface area contributed by atoms with Crippen LogP contribution >= 0.6 is 0 Å². The lowest BCUT2D eigenvalue weighted by atomic mass is 10.0. The van der Waals surface area contributed by atoms with E-state index in [1.807, 2.05) is 77.4 Å². The number of rotatable bonds is 12. The predicted molar refractivity (Wildman–Crippen MR) is 157 cm³/mol. The van der Waals surface area contributed by atoms with Gasteiger partial charge in [0.15, 0.2) is 0 Å². The average molecular weight is 562 g/mol. The number of likely N-dealkylation sites (tertiary alicyclic amines) is 1. The Bertz CT molecular complexity index is 1330. The molecule has 1 heterocycles. The number of benzene rings is 3. The first-order valence-electron chi connectivity index (χ1n) is 14.1. The van der Waals surface area contributed by atoms with E-state index in [9.17, 15) is 18.0 Å². The van der Waals surface area contributed by atoms with Crippen molar-refractivity contribution in [3.05, 3.63) is 102 Å². The maximum atomic E-state index is 13.8. The minimum absolute atomic E-state index is 0.0752. The van der Waals surface area contributed by atoms with Crippen LogP contribution in [0.4, 0.5) is 0 Å². The molecule has 8 heteroatoms. The van der Waals surface area contributed by atoms with Gasteiger partial charge in [-0.2, -0.15) is 4.31 Å². The number of sulfonamides is 1. The first-order chi connectivity index (χ1) is 19.4. The fourth-order valence-electron chi connectivity index (χ4n) is 5.20. The maximum absolute atomic E-state index is 13.8. The summed E-state index contributed by atoms with van der Waals surface area (Å²) < 4.78 is 28.1. The van der Waals surface area contributed by atoms with E-state index >= 15 is 0 Å². The summed E-state index contributed by atoms with van der Waals surface area (Å²) in [5.74, 6) is -0.0861. The van der Waals surface area contributed by atoms with Gasteiger partial charge in [0.05, 0.1) is 11.4 Å². The molecule has 2 amide bonds. The van der Waals surface area contributed by atoms with Crippen molar-refractivity contribution < 1.29 is 18.0 Å². The molecule has 1 fully saturated rings. The summed E-state index contributed by atoms with van der Waals surface area (Å²) in [5, 5.41) is 0. The number of carbonyl (C=O) groups excluding carboxylic acids is 2. The standard InChI is InChI=1S/C32H39N3O4S/c1-2-22-34(40(38,39)30-16-10-5-11-17-30)26-32(37)35(25-28-14-8-4-9-15-28)29-20-23-33(24-21-29)31(36)19-18-27-12-6-3-7-13-27/h3-17,29H,2,18-26H2,1H3. The minimum Gasteiger partial charge on any atom is -0.343 e. The van der Waals surface area contributed by atoms with Crippen molar-refractivity contribution in [1.82, 2.24) is 14.1 Å². The smallest absolute Gasteiger partial charge is 0.243 e. The van der Waals surface area contributed by atoms with Gasteiger partial charge in [-0.05, 0) is 48.9 Å². The molecule has 1 aliphatic rings. The summed E-state index contributed by atoms with van der Waals surface area (Å²) in [6.45, 7) is 3.52. The quantitative estimate of drug-likeness (QED) is 0.320. The molecule has 0 aliphatic carbocycles. The van der Waals surface area contributed by atoms with Gasteiger partial charge in [-0.1, -0.05) is 85.8 Å². The van der Waals surface area contributed by atoms with E-state index in [1.165, 1.54) is 4.31 Å². The maximum Gasteiger partial charge on any atom is 0.243 e. The second-order valence-corrected chi connectivity index (χ2v) is 12.2. The monoisotopic (exact) mass is 561 g/mol. The molecule has 1 saturated heterocycles. The summed E-state index contributed by atoms with van der Waals surface area (Å²) >= 11 is 0.